The van der Waals surface area contributed by atoms with Crippen LogP contribution in [0.1, 0.15) is 29.6 Å². The Morgan fingerprint density at radius 2 is 1.95 bits per heavy atom. The summed E-state index contributed by atoms with van der Waals surface area (Å²) in [7, 11) is -0.614. The molecule has 0 spiro atoms. The van der Waals surface area contributed by atoms with Gasteiger partial charge >= 0.3 is 0 Å². The molecular formula is C25H30ClN3O7S. The van der Waals surface area contributed by atoms with Crippen molar-refractivity contribution < 1.29 is 32.2 Å². The Hall–Kier alpha value is -2.86. The molecule has 2 N–H and O–H groups in total. The van der Waals surface area contributed by atoms with E-state index in [9.17, 15) is 18.0 Å². The normalized spacial score (nSPS) is 21.6. The predicted octanol–water partition coefficient (Wildman–Crippen LogP) is 2.67. The lowest BCUT2D eigenvalue weighted by molar-refractivity contribution is -0.134. The molecule has 10 nitrogen and oxygen atoms in total. The third kappa shape index (κ3) is 6.53. The second-order valence-corrected chi connectivity index (χ2v) is 11.1. The van der Waals surface area contributed by atoms with Gasteiger partial charge in [0.15, 0.2) is 0 Å². The van der Waals surface area contributed by atoms with Crippen molar-refractivity contribution >= 4 is 39.1 Å². The summed E-state index contributed by atoms with van der Waals surface area (Å²) >= 11 is 5.86. The first-order valence-corrected chi connectivity index (χ1v) is 13.8. The number of carbonyl (C=O) groups excluding carboxylic acids is 2. The molecule has 2 heterocycles. The van der Waals surface area contributed by atoms with Crippen LogP contribution in [0.2, 0.25) is 5.02 Å². The number of anilines is 1. The van der Waals surface area contributed by atoms with E-state index in [-0.39, 0.29) is 53.1 Å². The molecule has 4 rings (SSSR count). The van der Waals surface area contributed by atoms with E-state index in [1.165, 1.54) is 36.4 Å². The molecule has 0 saturated carbocycles. The van der Waals surface area contributed by atoms with Crippen LogP contribution >= 0.6 is 11.6 Å². The summed E-state index contributed by atoms with van der Waals surface area (Å²) in [5.41, 5.74) is 0.479. The van der Waals surface area contributed by atoms with E-state index < -0.39 is 16.1 Å². The number of hydrogen-bond acceptors (Lipinski definition) is 7. The number of halogens is 1. The van der Waals surface area contributed by atoms with Gasteiger partial charge in [-0.3, -0.25) is 14.3 Å². The van der Waals surface area contributed by atoms with Gasteiger partial charge in [0.25, 0.3) is 15.9 Å². The van der Waals surface area contributed by atoms with Gasteiger partial charge in [0.05, 0.1) is 35.6 Å². The Kier molecular flexibility index (Phi) is 8.58. The van der Waals surface area contributed by atoms with E-state index in [0.717, 1.165) is 0 Å². The van der Waals surface area contributed by atoms with E-state index in [0.29, 0.717) is 36.8 Å². The molecule has 0 aliphatic carbocycles. The van der Waals surface area contributed by atoms with Gasteiger partial charge in [-0.15, -0.1) is 0 Å². The third-order valence-corrected chi connectivity index (χ3v) is 8.08. The average molecular weight is 552 g/mol. The van der Waals surface area contributed by atoms with Gasteiger partial charge in [0, 0.05) is 31.4 Å². The maximum absolute atomic E-state index is 13.4. The summed E-state index contributed by atoms with van der Waals surface area (Å²) in [5.74, 6) is -0.0972. The first-order chi connectivity index (χ1) is 17.7. The van der Waals surface area contributed by atoms with Crippen LogP contribution in [-0.2, 0) is 24.3 Å². The fourth-order valence-corrected chi connectivity index (χ4v) is 5.67. The average Bonchev–Trinajstić information content (AvgIpc) is 2.87. The lowest BCUT2D eigenvalue weighted by Crippen LogP contribution is -2.54. The van der Waals surface area contributed by atoms with Crippen LogP contribution < -0.4 is 14.8 Å². The number of sulfonamides is 1. The van der Waals surface area contributed by atoms with Gasteiger partial charge < -0.3 is 24.4 Å². The van der Waals surface area contributed by atoms with Crippen LogP contribution in [0.3, 0.4) is 0 Å². The molecule has 0 aromatic heterocycles. The molecule has 0 bridgehead atoms. The Morgan fingerprint density at radius 3 is 2.68 bits per heavy atom. The zero-order chi connectivity index (χ0) is 26.6. The minimum atomic E-state index is -3.88. The monoisotopic (exact) mass is 551 g/mol. The number of amides is 2. The molecule has 3 atom stereocenters. The Morgan fingerprint density at radius 1 is 1.19 bits per heavy atom. The van der Waals surface area contributed by atoms with Crippen LogP contribution in [-0.4, -0.2) is 77.3 Å². The standard InChI is InChI=1S/C25H30ClN3O7S/c1-29-21-9-6-18(14-24(30)27-11-12-34-2)36-23(21)15-35-22-10-5-17(13-20(22)25(29)31)28-37(32,33)19-7-3-16(26)4-8-19/h3-5,7-8,10,13,18,21,23,28H,6,9,11-12,14-15H2,1-2H3,(H,27,30)/t18-,21+,23-/m1/s1. The highest BCUT2D eigenvalue weighted by Crippen LogP contribution is 2.33. The molecule has 2 aromatic rings. The van der Waals surface area contributed by atoms with E-state index in [4.69, 9.17) is 25.8 Å². The molecule has 2 aliphatic rings. The molecule has 0 radical (unpaired) electrons. The number of benzene rings is 2. The van der Waals surface area contributed by atoms with Crippen molar-refractivity contribution in [2.24, 2.45) is 0 Å². The van der Waals surface area contributed by atoms with Gasteiger partial charge in [-0.25, -0.2) is 8.42 Å². The molecule has 0 unspecified atom stereocenters. The largest absolute Gasteiger partial charge is 0.490 e. The van der Waals surface area contributed by atoms with Gasteiger partial charge in [-0.05, 0) is 55.3 Å². The van der Waals surface area contributed by atoms with Crippen LogP contribution in [0.4, 0.5) is 5.69 Å². The van der Waals surface area contributed by atoms with E-state index in [1.807, 2.05) is 0 Å². The molecule has 2 aromatic carbocycles. The maximum atomic E-state index is 13.4. The lowest BCUT2D eigenvalue weighted by Gasteiger charge is -2.42. The summed E-state index contributed by atoms with van der Waals surface area (Å²) < 4.78 is 45.1. The number of nitrogens with zero attached hydrogens (tertiary/aromatic N) is 1. The van der Waals surface area contributed by atoms with E-state index in [2.05, 4.69) is 10.0 Å². The highest BCUT2D eigenvalue weighted by molar-refractivity contribution is 7.92. The SMILES string of the molecule is COCCNC(=O)C[C@H]1CC[C@H]2[C@@H](COc3ccc(NS(=O)(=O)c4ccc(Cl)cc4)cc3C(=O)N2C)O1. The molecular weight excluding hydrogens is 522 g/mol. The van der Waals surface area contributed by atoms with Crippen LogP contribution in [0, 0.1) is 0 Å². The Bertz CT molecular complexity index is 1240. The van der Waals surface area contributed by atoms with Crippen LogP contribution in [0.25, 0.3) is 0 Å². The van der Waals surface area contributed by atoms with E-state index >= 15 is 0 Å². The molecule has 37 heavy (non-hydrogen) atoms. The first kappa shape index (κ1) is 27.2. The second kappa shape index (κ2) is 11.7. The summed E-state index contributed by atoms with van der Waals surface area (Å²) in [6, 6.07) is 10.1. The number of likely N-dealkylation sites (N-methyl/N-ethyl adjacent to an activating group) is 1. The van der Waals surface area contributed by atoms with Crippen molar-refractivity contribution in [3.63, 3.8) is 0 Å². The summed E-state index contributed by atoms with van der Waals surface area (Å²) in [4.78, 5) is 27.2. The molecule has 12 heteroatoms. The predicted molar refractivity (Wildman–Crippen MR) is 137 cm³/mol. The highest BCUT2D eigenvalue weighted by Gasteiger charge is 2.39. The fraction of sp³-hybridized carbons (Fsp3) is 0.440. The van der Waals surface area contributed by atoms with Crippen molar-refractivity contribution in [2.75, 3.05) is 38.6 Å². The fourth-order valence-electron chi connectivity index (χ4n) is 4.49. The summed E-state index contributed by atoms with van der Waals surface area (Å²) in [6.07, 6.45) is 0.794. The minimum Gasteiger partial charge on any atom is -0.490 e. The number of nitrogens with one attached hydrogen (secondary N) is 2. The number of fused-ring (bicyclic) bond motifs is 2. The zero-order valence-electron chi connectivity index (χ0n) is 20.6. The van der Waals surface area contributed by atoms with E-state index in [1.54, 1.807) is 25.1 Å². The quantitative estimate of drug-likeness (QED) is 0.483. The summed E-state index contributed by atoms with van der Waals surface area (Å²) in [6.45, 7) is 1.06. The Labute approximate surface area is 221 Å². The zero-order valence-corrected chi connectivity index (χ0v) is 22.2. The van der Waals surface area contributed by atoms with Crippen molar-refractivity contribution in [3.05, 3.63) is 53.1 Å². The molecule has 1 fully saturated rings. The van der Waals surface area contributed by atoms with Gasteiger partial charge in [0.2, 0.25) is 5.91 Å². The smallest absolute Gasteiger partial charge is 0.261 e. The minimum absolute atomic E-state index is 0.0486. The molecule has 2 amide bonds. The number of rotatable bonds is 8. The summed E-state index contributed by atoms with van der Waals surface area (Å²) in [5, 5.41) is 3.22. The molecule has 1 saturated heterocycles. The van der Waals surface area contributed by atoms with Gasteiger partial charge in [0.1, 0.15) is 18.5 Å². The second-order valence-electron chi connectivity index (χ2n) is 8.99. The van der Waals surface area contributed by atoms with Crippen molar-refractivity contribution in [2.45, 2.75) is 42.4 Å². The van der Waals surface area contributed by atoms with Gasteiger partial charge in [-0.2, -0.15) is 0 Å². The van der Waals surface area contributed by atoms with Crippen molar-refractivity contribution in [1.29, 1.82) is 0 Å². The topological polar surface area (TPSA) is 123 Å². The van der Waals surface area contributed by atoms with Gasteiger partial charge in [-0.1, -0.05) is 11.6 Å². The molecule has 200 valence electrons. The van der Waals surface area contributed by atoms with Crippen LogP contribution in [0.5, 0.6) is 5.75 Å². The Balaban J connectivity index is 1.47. The number of methoxy groups -OCH3 is 1. The first-order valence-electron chi connectivity index (χ1n) is 11.9. The van der Waals surface area contributed by atoms with Crippen molar-refractivity contribution in [3.8, 4) is 5.75 Å². The number of ether oxygens (including phenoxy) is 3. The third-order valence-electron chi connectivity index (χ3n) is 6.43. The number of hydrogen-bond donors (Lipinski definition) is 2. The lowest BCUT2D eigenvalue weighted by atomic mass is 9.94. The molecule has 2 aliphatic heterocycles. The number of carbonyl (C=O) groups is 2. The highest BCUT2D eigenvalue weighted by atomic mass is 35.5. The van der Waals surface area contributed by atoms with Crippen LogP contribution in [0.15, 0.2) is 47.4 Å². The van der Waals surface area contributed by atoms with Crippen molar-refractivity contribution in [1.82, 2.24) is 10.2 Å². The maximum Gasteiger partial charge on any atom is 0.261 e.